The summed E-state index contributed by atoms with van der Waals surface area (Å²) in [4.78, 5) is 24.4. The average Bonchev–Trinajstić information content (AvgIpc) is 3.35. The van der Waals surface area contributed by atoms with Crippen molar-refractivity contribution in [3.05, 3.63) is 29.8 Å². The van der Waals surface area contributed by atoms with Gasteiger partial charge in [0.05, 0.1) is 11.8 Å². The highest BCUT2D eigenvalue weighted by atomic mass is 19.1. The molecule has 0 heterocycles. The molecular weight excluding hydrogens is 314 g/mol. The van der Waals surface area contributed by atoms with Crippen molar-refractivity contribution < 1.29 is 18.4 Å². The lowest BCUT2D eigenvalue weighted by atomic mass is 10.1. The lowest BCUT2D eigenvalue weighted by Gasteiger charge is -2.16. The van der Waals surface area contributed by atoms with E-state index in [2.05, 4.69) is 10.6 Å². The maximum atomic E-state index is 13.6. The minimum absolute atomic E-state index is 0.115. The van der Waals surface area contributed by atoms with Crippen molar-refractivity contribution in [2.75, 3.05) is 5.32 Å². The molecule has 2 N–H and O–H groups in total. The van der Waals surface area contributed by atoms with E-state index in [0.29, 0.717) is 6.42 Å². The summed E-state index contributed by atoms with van der Waals surface area (Å²) < 4.78 is 27.1. The summed E-state index contributed by atoms with van der Waals surface area (Å²) in [5.74, 6) is -3.14. The van der Waals surface area contributed by atoms with Crippen LogP contribution in [0.15, 0.2) is 18.2 Å². The molecule has 2 amide bonds. The molecule has 1 aromatic carbocycles. The predicted octanol–water partition coefficient (Wildman–Crippen LogP) is 3.38. The first-order chi connectivity index (χ1) is 11.6. The quantitative estimate of drug-likeness (QED) is 0.828. The second-order valence-corrected chi connectivity index (χ2v) is 6.73. The first-order valence-corrected chi connectivity index (χ1v) is 8.61. The highest BCUT2D eigenvalue weighted by Gasteiger charge is 2.48. The van der Waals surface area contributed by atoms with Gasteiger partial charge in [0.25, 0.3) is 0 Å². The van der Waals surface area contributed by atoms with Crippen LogP contribution < -0.4 is 10.6 Å². The van der Waals surface area contributed by atoms with E-state index in [1.165, 1.54) is 18.9 Å². The number of halogens is 2. The van der Waals surface area contributed by atoms with E-state index in [1.54, 1.807) is 0 Å². The standard InChI is InChI=1S/C18H22F2N2O2/c19-14-8-5-9-15(20)16(14)22-18(24)13-10-12(13)17(23)21-11-6-3-1-2-4-7-11/h5,8-9,11-13H,1-4,6-7,10H2,(H,21,23)(H,22,24). The lowest BCUT2D eigenvalue weighted by molar-refractivity contribution is -0.125. The Balaban J connectivity index is 1.52. The fraction of sp³-hybridized carbons (Fsp3) is 0.556. The molecule has 0 aliphatic heterocycles. The molecule has 24 heavy (non-hydrogen) atoms. The van der Waals surface area contributed by atoms with Crippen molar-refractivity contribution in [3.63, 3.8) is 0 Å². The molecule has 2 fully saturated rings. The number of nitrogens with one attached hydrogen (secondary N) is 2. The zero-order valence-corrected chi connectivity index (χ0v) is 13.5. The normalized spacial score (nSPS) is 24.1. The third-order valence-corrected chi connectivity index (χ3v) is 4.88. The van der Waals surface area contributed by atoms with Crippen LogP contribution in [0.4, 0.5) is 14.5 Å². The zero-order valence-electron chi connectivity index (χ0n) is 13.5. The summed E-state index contributed by atoms with van der Waals surface area (Å²) in [5.41, 5.74) is -0.447. The molecule has 0 saturated heterocycles. The third kappa shape index (κ3) is 3.91. The average molecular weight is 336 g/mol. The van der Waals surface area contributed by atoms with Gasteiger partial charge in [-0.1, -0.05) is 31.7 Å². The number of hydrogen-bond acceptors (Lipinski definition) is 2. The summed E-state index contributed by atoms with van der Waals surface area (Å²) >= 11 is 0. The van der Waals surface area contributed by atoms with Crippen LogP contribution in [-0.2, 0) is 9.59 Å². The third-order valence-electron chi connectivity index (χ3n) is 4.88. The Bertz CT molecular complexity index is 607. The Labute approximate surface area is 140 Å². The van der Waals surface area contributed by atoms with Crippen molar-refractivity contribution in [2.24, 2.45) is 11.8 Å². The van der Waals surface area contributed by atoms with Crippen LogP contribution >= 0.6 is 0 Å². The largest absolute Gasteiger partial charge is 0.353 e. The summed E-state index contributed by atoms with van der Waals surface area (Å²) in [6.45, 7) is 0. The number of rotatable bonds is 4. The fourth-order valence-corrected chi connectivity index (χ4v) is 3.34. The van der Waals surface area contributed by atoms with Crippen molar-refractivity contribution in [1.82, 2.24) is 5.32 Å². The van der Waals surface area contributed by atoms with Crippen LogP contribution in [0.1, 0.15) is 44.9 Å². The zero-order chi connectivity index (χ0) is 17.1. The van der Waals surface area contributed by atoms with Crippen molar-refractivity contribution in [1.29, 1.82) is 0 Å². The van der Waals surface area contributed by atoms with Crippen LogP contribution in [0.25, 0.3) is 0 Å². The number of hydrogen-bond donors (Lipinski definition) is 2. The molecule has 2 atom stereocenters. The fourth-order valence-electron chi connectivity index (χ4n) is 3.34. The molecular formula is C18H22F2N2O2. The van der Waals surface area contributed by atoms with Crippen LogP contribution in [0.3, 0.4) is 0 Å². The van der Waals surface area contributed by atoms with Gasteiger partial charge in [-0.05, 0) is 31.4 Å². The van der Waals surface area contributed by atoms with Crippen LogP contribution in [-0.4, -0.2) is 17.9 Å². The molecule has 2 aliphatic rings. The van der Waals surface area contributed by atoms with Crippen molar-refractivity contribution in [3.8, 4) is 0 Å². The van der Waals surface area contributed by atoms with Gasteiger partial charge < -0.3 is 10.6 Å². The van der Waals surface area contributed by atoms with Gasteiger partial charge in [0.2, 0.25) is 11.8 Å². The van der Waals surface area contributed by atoms with Gasteiger partial charge in [0.15, 0.2) is 0 Å². The van der Waals surface area contributed by atoms with Crippen LogP contribution in [0, 0.1) is 23.5 Å². The first kappa shape index (κ1) is 16.9. The van der Waals surface area contributed by atoms with Gasteiger partial charge in [-0.15, -0.1) is 0 Å². The minimum atomic E-state index is -0.816. The number of carbonyl (C=O) groups is 2. The molecule has 6 heteroatoms. The topological polar surface area (TPSA) is 58.2 Å². The highest BCUT2D eigenvalue weighted by molar-refractivity contribution is 5.99. The summed E-state index contributed by atoms with van der Waals surface area (Å²) in [6, 6.07) is 3.60. The van der Waals surface area contributed by atoms with Crippen molar-refractivity contribution >= 4 is 17.5 Å². The highest BCUT2D eigenvalue weighted by Crippen LogP contribution is 2.40. The number of amides is 2. The molecule has 0 radical (unpaired) electrons. The van der Waals surface area contributed by atoms with E-state index >= 15 is 0 Å². The second kappa shape index (κ2) is 7.28. The second-order valence-electron chi connectivity index (χ2n) is 6.73. The van der Waals surface area contributed by atoms with Gasteiger partial charge in [0.1, 0.15) is 17.3 Å². The van der Waals surface area contributed by atoms with E-state index in [0.717, 1.165) is 37.8 Å². The number of anilines is 1. The Morgan fingerprint density at radius 3 is 2.12 bits per heavy atom. The number of para-hydroxylation sites is 1. The molecule has 0 aromatic heterocycles. The molecule has 2 unspecified atom stereocenters. The maximum Gasteiger partial charge on any atom is 0.228 e. The molecule has 2 saturated carbocycles. The van der Waals surface area contributed by atoms with Gasteiger partial charge in [-0.3, -0.25) is 9.59 Å². The molecule has 0 spiro atoms. The molecule has 1 aromatic rings. The van der Waals surface area contributed by atoms with Crippen molar-refractivity contribution in [2.45, 2.75) is 51.0 Å². The molecule has 2 aliphatic carbocycles. The van der Waals surface area contributed by atoms with Gasteiger partial charge in [0, 0.05) is 6.04 Å². The predicted molar refractivity (Wildman–Crippen MR) is 86.2 cm³/mol. The Morgan fingerprint density at radius 2 is 1.50 bits per heavy atom. The maximum absolute atomic E-state index is 13.6. The summed E-state index contributed by atoms with van der Waals surface area (Å²) in [6.07, 6.45) is 7.04. The van der Waals surface area contributed by atoms with Gasteiger partial charge in [-0.25, -0.2) is 8.78 Å². The van der Waals surface area contributed by atoms with Gasteiger partial charge >= 0.3 is 0 Å². The molecule has 130 valence electrons. The molecule has 4 nitrogen and oxygen atoms in total. The lowest BCUT2D eigenvalue weighted by Crippen LogP contribution is -2.36. The summed E-state index contributed by atoms with van der Waals surface area (Å²) in [5, 5.41) is 5.30. The summed E-state index contributed by atoms with van der Waals surface area (Å²) in [7, 11) is 0. The monoisotopic (exact) mass is 336 g/mol. The van der Waals surface area contributed by atoms with Gasteiger partial charge in [-0.2, -0.15) is 0 Å². The minimum Gasteiger partial charge on any atom is -0.353 e. The SMILES string of the molecule is O=C(Nc1c(F)cccc1F)C1CC1C(=O)NC1CCCCCC1. The van der Waals surface area contributed by atoms with Crippen LogP contribution in [0.5, 0.6) is 0 Å². The Hall–Kier alpha value is -1.98. The van der Waals surface area contributed by atoms with E-state index in [1.807, 2.05) is 0 Å². The van der Waals surface area contributed by atoms with Crippen LogP contribution in [0.2, 0.25) is 0 Å². The van der Waals surface area contributed by atoms with E-state index in [-0.39, 0.29) is 17.9 Å². The molecule has 3 rings (SSSR count). The Kier molecular flexibility index (Phi) is 5.11. The van der Waals surface area contributed by atoms with E-state index < -0.39 is 29.1 Å². The molecule has 0 bridgehead atoms. The number of carbonyl (C=O) groups excluding carboxylic acids is 2. The Morgan fingerprint density at radius 1 is 0.917 bits per heavy atom. The smallest absolute Gasteiger partial charge is 0.228 e. The van der Waals surface area contributed by atoms with E-state index in [9.17, 15) is 18.4 Å². The first-order valence-electron chi connectivity index (χ1n) is 8.61. The number of benzene rings is 1. The van der Waals surface area contributed by atoms with E-state index in [4.69, 9.17) is 0 Å².